The van der Waals surface area contributed by atoms with Gasteiger partial charge < -0.3 is 10.1 Å². The Labute approximate surface area is 207 Å². The van der Waals surface area contributed by atoms with Crippen LogP contribution in [0.3, 0.4) is 0 Å². The first-order chi connectivity index (χ1) is 16.6. The van der Waals surface area contributed by atoms with Crippen LogP contribution in [0, 0.1) is 12.8 Å². The van der Waals surface area contributed by atoms with Gasteiger partial charge in [0.1, 0.15) is 0 Å². The zero-order chi connectivity index (χ0) is 25.1. The van der Waals surface area contributed by atoms with Crippen LogP contribution in [0.1, 0.15) is 24.0 Å². The minimum atomic E-state index is -3.59. The number of piperidine rings is 1. The van der Waals surface area contributed by atoms with Gasteiger partial charge in [-0.3, -0.25) is 4.79 Å². The summed E-state index contributed by atoms with van der Waals surface area (Å²) in [6, 6.07) is 13.6. The maximum atomic E-state index is 12.8. The van der Waals surface area contributed by atoms with Crippen molar-refractivity contribution in [3.05, 3.63) is 59.7 Å². The first-order valence-electron chi connectivity index (χ1n) is 11.7. The number of rotatable bonds is 7. The van der Waals surface area contributed by atoms with E-state index in [1.807, 2.05) is 31.2 Å². The summed E-state index contributed by atoms with van der Waals surface area (Å²) in [6.07, 6.45) is 0.866. The summed E-state index contributed by atoms with van der Waals surface area (Å²) in [7, 11) is -7.05. The van der Waals surface area contributed by atoms with Crippen LogP contribution in [-0.2, 0) is 35.3 Å². The highest BCUT2D eigenvalue weighted by Crippen LogP contribution is 2.24. The second-order valence-electron chi connectivity index (χ2n) is 8.95. The Bertz CT molecular complexity index is 1230. The van der Waals surface area contributed by atoms with Gasteiger partial charge in [0.25, 0.3) is 0 Å². The first kappa shape index (κ1) is 25.8. The number of hydrogen-bond acceptors (Lipinski definition) is 6. The van der Waals surface area contributed by atoms with Crippen molar-refractivity contribution < 1.29 is 26.4 Å². The molecule has 35 heavy (non-hydrogen) atoms. The highest BCUT2D eigenvalue weighted by Gasteiger charge is 2.31. The highest BCUT2D eigenvalue weighted by molar-refractivity contribution is 7.89. The summed E-state index contributed by atoms with van der Waals surface area (Å²) in [5, 5.41) is 2.83. The molecule has 4 rings (SSSR count). The van der Waals surface area contributed by atoms with E-state index in [-0.39, 0.29) is 22.5 Å². The second-order valence-corrected chi connectivity index (χ2v) is 12.9. The number of morpholine rings is 1. The molecular weight excluding hydrogens is 490 g/mol. The number of aryl methyl sites for hydroxylation is 1. The van der Waals surface area contributed by atoms with Crippen LogP contribution in [-0.4, -0.2) is 70.7 Å². The van der Waals surface area contributed by atoms with Gasteiger partial charge >= 0.3 is 0 Å². The highest BCUT2D eigenvalue weighted by atomic mass is 32.2. The number of carbonyl (C=O) groups is 1. The maximum absolute atomic E-state index is 12.8. The van der Waals surface area contributed by atoms with Gasteiger partial charge in [0.2, 0.25) is 26.0 Å². The van der Waals surface area contributed by atoms with Crippen LogP contribution in [0.25, 0.3) is 0 Å². The summed E-state index contributed by atoms with van der Waals surface area (Å²) in [5.41, 5.74) is 2.33. The van der Waals surface area contributed by atoms with Gasteiger partial charge in [0, 0.05) is 37.8 Å². The van der Waals surface area contributed by atoms with E-state index < -0.39 is 20.0 Å². The Balaban J connectivity index is 1.30. The molecule has 0 aromatic heterocycles. The molecule has 0 atom stereocenters. The summed E-state index contributed by atoms with van der Waals surface area (Å²) in [6.45, 7) is 3.93. The molecule has 0 radical (unpaired) electrons. The van der Waals surface area contributed by atoms with E-state index in [0.29, 0.717) is 57.9 Å². The number of hydrogen-bond donors (Lipinski definition) is 1. The van der Waals surface area contributed by atoms with Gasteiger partial charge in [0.05, 0.1) is 23.9 Å². The standard InChI is InChI=1S/C24H31N3O6S2/c1-19-2-4-20(5-3-19)18-34(29,30)26-12-10-21(11-13-26)24(28)25-22-6-8-23(9-7-22)35(31,32)27-14-16-33-17-15-27/h2-9,21H,10-18H2,1H3,(H,25,28). The number of ether oxygens (including phenoxy) is 1. The molecule has 1 amide bonds. The quantitative estimate of drug-likeness (QED) is 0.598. The Morgan fingerprint density at radius 1 is 0.886 bits per heavy atom. The van der Waals surface area contributed by atoms with Crippen molar-refractivity contribution in [3.63, 3.8) is 0 Å². The molecule has 2 saturated heterocycles. The molecule has 2 heterocycles. The van der Waals surface area contributed by atoms with E-state index in [4.69, 9.17) is 4.74 Å². The Morgan fingerprint density at radius 3 is 2.09 bits per heavy atom. The Kier molecular flexibility index (Phi) is 7.92. The van der Waals surface area contributed by atoms with Gasteiger partial charge in [-0.25, -0.2) is 21.1 Å². The topological polar surface area (TPSA) is 113 Å². The largest absolute Gasteiger partial charge is 0.379 e. The van der Waals surface area contributed by atoms with Crippen molar-refractivity contribution in [2.24, 2.45) is 5.92 Å². The van der Waals surface area contributed by atoms with Crippen molar-refractivity contribution in [1.29, 1.82) is 0 Å². The zero-order valence-corrected chi connectivity index (χ0v) is 21.4. The van der Waals surface area contributed by atoms with Gasteiger partial charge in [-0.2, -0.15) is 4.31 Å². The summed E-state index contributed by atoms with van der Waals surface area (Å²) < 4.78 is 59.2. The fourth-order valence-electron chi connectivity index (χ4n) is 4.27. The van der Waals surface area contributed by atoms with Crippen LogP contribution in [0.15, 0.2) is 53.4 Å². The maximum Gasteiger partial charge on any atom is 0.243 e. The molecule has 2 aromatic carbocycles. The average Bonchev–Trinajstić information content (AvgIpc) is 2.86. The third-order valence-electron chi connectivity index (χ3n) is 6.42. The summed E-state index contributed by atoms with van der Waals surface area (Å²) in [4.78, 5) is 12.9. The molecule has 2 fully saturated rings. The van der Waals surface area contributed by atoms with Gasteiger partial charge in [0.15, 0.2) is 0 Å². The molecule has 2 aliphatic rings. The van der Waals surface area contributed by atoms with E-state index in [2.05, 4.69) is 5.32 Å². The number of sulfonamides is 2. The number of carbonyl (C=O) groups excluding carboxylic acids is 1. The molecule has 0 aliphatic carbocycles. The Morgan fingerprint density at radius 2 is 1.49 bits per heavy atom. The lowest BCUT2D eigenvalue weighted by atomic mass is 9.97. The lowest BCUT2D eigenvalue weighted by Crippen LogP contribution is -2.41. The van der Waals surface area contributed by atoms with E-state index >= 15 is 0 Å². The van der Waals surface area contributed by atoms with Crippen LogP contribution >= 0.6 is 0 Å². The van der Waals surface area contributed by atoms with E-state index in [0.717, 1.165) is 11.1 Å². The third-order valence-corrected chi connectivity index (χ3v) is 10.2. The molecule has 1 N–H and O–H groups in total. The van der Waals surface area contributed by atoms with Gasteiger partial charge in [-0.1, -0.05) is 29.8 Å². The van der Waals surface area contributed by atoms with Gasteiger partial charge in [-0.15, -0.1) is 0 Å². The van der Waals surface area contributed by atoms with Crippen molar-refractivity contribution >= 4 is 31.6 Å². The molecule has 2 aromatic rings. The average molecular weight is 522 g/mol. The van der Waals surface area contributed by atoms with Crippen LogP contribution in [0.5, 0.6) is 0 Å². The lowest BCUT2D eigenvalue weighted by molar-refractivity contribution is -0.120. The van der Waals surface area contributed by atoms with Crippen LogP contribution in [0.2, 0.25) is 0 Å². The lowest BCUT2D eigenvalue weighted by Gasteiger charge is -2.30. The minimum absolute atomic E-state index is 0.0517. The molecule has 0 bridgehead atoms. The zero-order valence-electron chi connectivity index (χ0n) is 19.7. The molecule has 9 nitrogen and oxygen atoms in total. The molecule has 11 heteroatoms. The molecule has 0 spiro atoms. The molecule has 0 saturated carbocycles. The van der Waals surface area contributed by atoms with Crippen molar-refractivity contribution in [2.45, 2.75) is 30.4 Å². The van der Waals surface area contributed by atoms with Crippen molar-refractivity contribution in [2.75, 3.05) is 44.7 Å². The molecule has 0 unspecified atom stereocenters. The molecular formula is C24H31N3O6S2. The first-order valence-corrected chi connectivity index (χ1v) is 14.7. The second kappa shape index (κ2) is 10.8. The summed E-state index contributed by atoms with van der Waals surface area (Å²) >= 11 is 0. The van der Waals surface area contributed by atoms with Crippen molar-refractivity contribution in [3.8, 4) is 0 Å². The predicted octanol–water partition coefficient (Wildman–Crippen LogP) is 2.20. The molecule has 2 aliphatic heterocycles. The number of benzene rings is 2. The van der Waals surface area contributed by atoms with Gasteiger partial charge in [-0.05, 0) is 49.6 Å². The third kappa shape index (κ3) is 6.28. The van der Waals surface area contributed by atoms with E-state index in [9.17, 15) is 21.6 Å². The monoisotopic (exact) mass is 521 g/mol. The van der Waals surface area contributed by atoms with E-state index in [1.165, 1.54) is 20.7 Å². The SMILES string of the molecule is Cc1ccc(CS(=O)(=O)N2CCC(C(=O)Nc3ccc(S(=O)(=O)N4CCOCC4)cc3)CC2)cc1. The van der Waals surface area contributed by atoms with Crippen molar-refractivity contribution in [1.82, 2.24) is 8.61 Å². The van der Waals surface area contributed by atoms with Crippen LogP contribution < -0.4 is 5.32 Å². The number of nitrogens with zero attached hydrogens (tertiary/aromatic N) is 2. The fraction of sp³-hybridized carbons (Fsp3) is 0.458. The minimum Gasteiger partial charge on any atom is -0.379 e. The van der Waals surface area contributed by atoms with Crippen LogP contribution in [0.4, 0.5) is 5.69 Å². The summed E-state index contributed by atoms with van der Waals surface area (Å²) in [5.74, 6) is -0.550. The number of nitrogens with one attached hydrogen (secondary N) is 1. The fourth-order valence-corrected chi connectivity index (χ4v) is 7.24. The number of amides is 1. The normalized spacial score (nSPS) is 18.9. The smallest absolute Gasteiger partial charge is 0.243 e. The predicted molar refractivity (Wildman–Crippen MR) is 133 cm³/mol. The number of anilines is 1. The molecule has 190 valence electrons. The Hall–Kier alpha value is -2.31. The van der Waals surface area contributed by atoms with E-state index in [1.54, 1.807) is 12.1 Å².